The highest BCUT2D eigenvalue weighted by atomic mass is 19.1. The van der Waals surface area contributed by atoms with Gasteiger partial charge < -0.3 is 4.74 Å². The number of amides is 1. The topological polar surface area (TPSA) is 29.5 Å². The van der Waals surface area contributed by atoms with E-state index < -0.39 is 12.3 Å². The first-order chi connectivity index (χ1) is 8.15. The van der Waals surface area contributed by atoms with Gasteiger partial charge in [-0.2, -0.15) is 0 Å². The van der Waals surface area contributed by atoms with Crippen molar-refractivity contribution in [3.63, 3.8) is 0 Å². The molecule has 1 fully saturated rings. The third-order valence-corrected chi connectivity index (χ3v) is 3.12. The van der Waals surface area contributed by atoms with Crippen molar-refractivity contribution in [2.75, 3.05) is 7.11 Å². The van der Waals surface area contributed by atoms with Gasteiger partial charge in [-0.25, -0.2) is 9.18 Å². The molecule has 0 aliphatic heterocycles. The second kappa shape index (κ2) is 4.73. The zero-order chi connectivity index (χ0) is 12.4. The molecule has 1 aromatic rings. The van der Waals surface area contributed by atoms with Crippen LogP contribution in [0.25, 0.3) is 0 Å². The Kier molecular flexibility index (Phi) is 3.31. The fourth-order valence-electron chi connectivity index (χ4n) is 2.02. The summed E-state index contributed by atoms with van der Waals surface area (Å²) in [4.78, 5) is 13.2. The van der Waals surface area contributed by atoms with Gasteiger partial charge in [-0.1, -0.05) is 30.3 Å². The highest BCUT2D eigenvalue weighted by molar-refractivity contribution is 5.69. The van der Waals surface area contributed by atoms with Crippen LogP contribution >= 0.6 is 0 Å². The van der Waals surface area contributed by atoms with Crippen molar-refractivity contribution >= 4 is 6.09 Å². The fraction of sp³-hybridized carbons (Fsp3) is 0.462. The van der Waals surface area contributed by atoms with Crippen molar-refractivity contribution in [3.8, 4) is 0 Å². The Bertz CT molecular complexity index is 396. The van der Waals surface area contributed by atoms with Crippen LogP contribution in [0.4, 0.5) is 9.18 Å². The van der Waals surface area contributed by atoms with E-state index in [1.165, 1.54) is 12.0 Å². The number of rotatable bonds is 3. The van der Waals surface area contributed by atoms with E-state index in [0.717, 1.165) is 5.56 Å². The summed E-state index contributed by atoms with van der Waals surface area (Å²) in [5.74, 6) is 0. The molecule has 1 aliphatic carbocycles. The maximum atomic E-state index is 13.1. The molecule has 1 amide bonds. The van der Waals surface area contributed by atoms with Crippen molar-refractivity contribution in [2.45, 2.75) is 31.6 Å². The van der Waals surface area contributed by atoms with Crippen LogP contribution in [0, 0.1) is 0 Å². The second-order valence-electron chi connectivity index (χ2n) is 4.28. The van der Waals surface area contributed by atoms with Crippen molar-refractivity contribution in [1.82, 2.24) is 4.90 Å². The number of nitrogens with zero attached hydrogens (tertiary/aromatic N) is 1. The zero-order valence-electron chi connectivity index (χ0n) is 9.97. The zero-order valence-corrected chi connectivity index (χ0v) is 9.97. The molecule has 3 atom stereocenters. The Labute approximate surface area is 100 Å². The van der Waals surface area contributed by atoms with Crippen LogP contribution in [-0.2, 0) is 4.74 Å². The van der Waals surface area contributed by atoms with Gasteiger partial charge >= 0.3 is 6.09 Å². The minimum atomic E-state index is -0.916. The lowest BCUT2D eigenvalue weighted by Crippen LogP contribution is -2.36. The number of alkyl halides is 1. The molecule has 92 valence electrons. The van der Waals surface area contributed by atoms with Gasteiger partial charge in [0.15, 0.2) is 0 Å². The molecular weight excluding hydrogens is 221 g/mol. The predicted molar refractivity (Wildman–Crippen MR) is 62.4 cm³/mol. The quantitative estimate of drug-likeness (QED) is 0.809. The molecule has 1 aliphatic rings. The molecule has 0 radical (unpaired) electrons. The first-order valence-electron chi connectivity index (χ1n) is 5.70. The Morgan fingerprint density at radius 1 is 1.47 bits per heavy atom. The molecule has 17 heavy (non-hydrogen) atoms. The van der Waals surface area contributed by atoms with E-state index in [1.54, 1.807) is 0 Å². The molecule has 4 heteroatoms. The number of benzene rings is 1. The molecule has 2 rings (SSSR count). The standard InChI is InChI=1S/C13H16FNO2/c1-9(10-6-4-3-5-7-10)15(13(16)17-2)12-8-11(12)14/h3-7,9,11-12H,8H2,1-2H3/t9?,11-,12-/m1/s1. The average molecular weight is 237 g/mol. The second-order valence-corrected chi connectivity index (χ2v) is 4.28. The van der Waals surface area contributed by atoms with Crippen molar-refractivity contribution in [3.05, 3.63) is 35.9 Å². The van der Waals surface area contributed by atoms with Crippen LogP contribution in [0.3, 0.4) is 0 Å². The minimum Gasteiger partial charge on any atom is -0.453 e. The number of hydrogen-bond acceptors (Lipinski definition) is 2. The van der Waals surface area contributed by atoms with E-state index in [9.17, 15) is 9.18 Å². The highest BCUT2D eigenvalue weighted by Crippen LogP contribution is 2.37. The largest absolute Gasteiger partial charge is 0.453 e. The molecule has 0 bridgehead atoms. The van der Waals surface area contributed by atoms with Gasteiger partial charge in [0.25, 0.3) is 0 Å². The van der Waals surface area contributed by atoms with Gasteiger partial charge in [-0.05, 0) is 12.5 Å². The lowest BCUT2D eigenvalue weighted by atomic mass is 10.1. The molecule has 1 saturated carbocycles. The Balaban J connectivity index is 2.19. The summed E-state index contributed by atoms with van der Waals surface area (Å²) < 4.78 is 17.9. The number of methoxy groups -OCH3 is 1. The van der Waals surface area contributed by atoms with Gasteiger partial charge in [-0.15, -0.1) is 0 Å². The number of carbonyl (C=O) groups excluding carboxylic acids is 1. The van der Waals surface area contributed by atoms with Crippen LogP contribution < -0.4 is 0 Å². The molecular formula is C13H16FNO2. The summed E-state index contributed by atoms with van der Waals surface area (Å²) in [6.45, 7) is 1.89. The third-order valence-electron chi connectivity index (χ3n) is 3.12. The van der Waals surface area contributed by atoms with E-state index in [2.05, 4.69) is 0 Å². The summed E-state index contributed by atoms with van der Waals surface area (Å²) in [6.07, 6.45) is -0.974. The van der Waals surface area contributed by atoms with Crippen LogP contribution in [-0.4, -0.2) is 30.3 Å². The molecule has 1 aromatic carbocycles. The molecule has 1 unspecified atom stereocenters. The molecule has 0 saturated heterocycles. The highest BCUT2D eigenvalue weighted by Gasteiger charge is 2.47. The molecule has 3 nitrogen and oxygen atoms in total. The van der Waals surface area contributed by atoms with Crippen molar-refractivity contribution in [2.24, 2.45) is 0 Å². The van der Waals surface area contributed by atoms with Gasteiger partial charge in [0.2, 0.25) is 0 Å². The summed E-state index contributed by atoms with van der Waals surface area (Å²) in [5, 5.41) is 0. The van der Waals surface area contributed by atoms with Crippen molar-refractivity contribution in [1.29, 1.82) is 0 Å². The van der Waals surface area contributed by atoms with Crippen molar-refractivity contribution < 1.29 is 13.9 Å². The maximum Gasteiger partial charge on any atom is 0.410 e. The lowest BCUT2D eigenvalue weighted by Gasteiger charge is -2.28. The first-order valence-corrected chi connectivity index (χ1v) is 5.70. The molecule has 0 aromatic heterocycles. The van der Waals surface area contributed by atoms with E-state index in [-0.39, 0.29) is 12.1 Å². The van der Waals surface area contributed by atoms with E-state index in [1.807, 2.05) is 37.3 Å². The number of hydrogen-bond donors (Lipinski definition) is 0. The summed E-state index contributed by atoms with van der Waals surface area (Å²) in [6, 6.07) is 9.06. The Morgan fingerprint density at radius 2 is 2.06 bits per heavy atom. The predicted octanol–water partition coefficient (Wildman–Crippen LogP) is 2.93. The minimum absolute atomic E-state index is 0.172. The molecule has 0 N–H and O–H groups in total. The van der Waals surface area contributed by atoms with E-state index in [0.29, 0.717) is 6.42 Å². The van der Waals surface area contributed by atoms with E-state index >= 15 is 0 Å². The summed E-state index contributed by atoms with van der Waals surface area (Å²) in [5.41, 5.74) is 0.983. The normalized spacial score (nSPS) is 23.9. The van der Waals surface area contributed by atoms with Gasteiger partial charge in [0.05, 0.1) is 19.2 Å². The Morgan fingerprint density at radius 3 is 2.53 bits per heavy atom. The van der Waals surface area contributed by atoms with Gasteiger partial charge in [0.1, 0.15) is 6.17 Å². The maximum absolute atomic E-state index is 13.1. The fourth-order valence-corrected chi connectivity index (χ4v) is 2.02. The SMILES string of the molecule is COC(=O)N(C(C)c1ccccc1)[C@@H]1C[C@H]1F. The van der Waals surface area contributed by atoms with Crippen LogP contribution in [0.5, 0.6) is 0 Å². The monoisotopic (exact) mass is 237 g/mol. The number of halogens is 1. The summed E-state index contributed by atoms with van der Waals surface area (Å²) >= 11 is 0. The number of carbonyl (C=O) groups is 1. The van der Waals surface area contributed by atoms with Crippen LogP contribution in [0.15, 0.2) is 30.3 Å². The average Bonchev–Trinajstić information content (AvgIpc) is 3.07. The van der Waals surface area contributed by atoms with Gasteiger partial charge in [0, 0.05) is 6.42 Å². The van der Waals surface area contributed by atoms with Crippen LogP contribution in [0.2, 0.25) is 0 Å². The first kappa shape index (κ1) is 11.9. The smallest absolute Gasteiger partial charge is 0.410 e. The lowest BCUT2D eigenvalue weighted by molar-refractivity contribution is 0.0997. The number of ether oxygens (including phenoxy) is 1. The molecule has 0 heterocycles. The van der Waals surface area contributed by atoms with Gasteiger partial charge in [-0.3, -0.25) is 4.90 Å². The molecule has 0 spiro atoms. The summed E-state index contributed by atoms with van der Waals surface area (Å²) in [7, 11) is 1.32. The Hall–Kier alpha value is -1.58. The third kappa shape index (κ3) is 2.40. The van der Waals surface area contributed by atoms with Crippen LogP contribution in [0.1, 0.15) is 24.9 Å². The van der Waals surface area contributed by atoms with E-state index in [4.69, 9.17) is 4.74 Å².